The van der Waals surface area contributed by atoms with Crippen LogP contribution in [0.15, 0.2) is 58.5 Å². The minimum Gasteiger partial charge on any atom is -0.378 e. The average molecular weight is 380 g/mol. The number of rotatable bonds is 6. The van der Waals surface area contributed by atoms with Crippen molar-refractivity contribution in [2.45, 2.75) is 4.90 Å². The smallest absolute Gasteiger partial charge is 0.339 e. The van der Waals surface area contributed by atoms with Crippen molar-refractivity contribution in [3.8, 4) is 5.75 Å². The first-order chi connectivity index (χ1) is 11.8. The normalized spacial score (nSPS) is 11.2. The van der Waals surface area contributed by atoms with Gasteiger partial charge in [-0.25, -0.2) is 0 Å². The van der Waals surface area contributed by atoms with E-state index in [4.69, 9.17) is 9.92 Å². The highest BCUT2D eigenvalue weighted by atomic mass is 32.2. The SMILES string of the molecule is NC(=S)N/N=C\c1ccccc1OS(=O)(=O)c1cccc([N+](=O)[O-])c1. The van der Waals surface area contributed by atoms with E-state index in [0.717, 1.165) is 6.07 Å². The lowest BCUT2D eigenvalue weighted by molar-refractivity contribution is -0.385. The number of nitrogens with zero attached hydrogens (tertiary/aromatic N) is 2. The summed E-state index contributed by atoms with van der Waals surface area (Å²) in [4.78, 5) is 9.76. The Morgan fingerprint density at radius 3 is 2.68 bits per heavy atom. The maximum Gasteiger partial charge on any atom is 0.339 e. The van der Waals surface area contributed by atoms with Crippen molar-refractivity contribution in [3.63, 3.8) is 0 Å². The summed E-state index contributed by atoms with van der Waals surface area (Å²) in [6, 6.07) is 10.7. The molecule has 130 valence electrons. The number of para-hydroxylation sites is 1. The van der Waals surface area contributed by atoms with Gasteiger partial charge >= 0.3 is 10.1 Å². The average Bonchev–Trinajstić information content (AvgIpc) is 2.56. The molecular formula is C14H12N4O5S2. The number of benzene rings is 2. The van der Waals surface area contributed by atoms with E-state index >= 15 is 0 Å². The Labute approximate surface area is 148 Å². The number of non-ortho nitro benzene ring substituents is 1. The van der Waals surface area contributed by atoms with Crippen LogP contribution in [0.2, 0.25) is 0 Å². The molecule has 0 radical (unpaired) electrons. The van der Waals surface area contributed by atoms with E-state index in [-0.39, 0.29) is 21.4 Å². The highest BCUT2D eigenvalue weighted by Gasteiger charge is 2.20. The molecule has 0 amide bonds. The molecule has 0 aliphatic carbocycles. The first-order valence-electron chi connectivity index (χ1n) is 6.66. The Hall–Kier alpha value is -3.05. The van der Waals surface area contributed by atoms with Crippen LogP contribution in [0.4, 0.5) is 5.69 Å². The van der Waals surface area contributed by atoms with Crippen molar-refractivity contribution in [1.29, 1.82) is 0 Å². The summed E-state index contributed by atoms with van der Waals surface area (Å²) in [6.07, 6.45) is 1.28. The van der Waals surface area contributed by atoms with Gasteiger partial charge in [0.2, 0.25) is 0 Å². The fourth-order valence-corrected chi connectivity index (χ4v) is 2.79. The molecule has 0 aromatic heterocycles. The van der Waals surface area contributed by atoms with E-state index in [9.17, 15) is 18.5 Å². The van der Waals surface area contributed by atoms with Crippen molar-refractivity contribution in [3.05, 3.63) is 64.2 Å². The predicted molar refractivity (Wildman–Crippen MR) is 94.9 cm³/mol. The first-order valence-corrected chi connectivity index (χ1v) is 8.48. The Bertz CT molecular complexity index is 944. The molecule has 2 aromatic rings. The molecule has 2 rings (SSSR count). The van der Waals surface area contributed by atoms with Gasteiger partial charge in [-0.05, 0) is 30.4 Å². The summed E-state index contributed by atoms with van der Waals surface area (Å²) in [5.41, 5.74) is 7.54. The van der Waals surface area contributed by atoms with Gasteiger partial charge in [-0.15, -0.1) is 0 Å². The van der Waals surface area contributed by atoms with Crippen LogP contribution in [0, 0.1) is 10.1 Å². The molecule has 0 fully saturated rings. The van der Waals surface area contributed by atoms with Crippen LogP contribution in [0.3, 0.4) is 0 Å². The highest BCUT2D eigenvalue weighted by molar-refractivity contribution is 7.87. The van der Waals surface area contributed by atoms with Gasteiger partial charge in [0.15, 0.2) is 10.9 Å². The fourth-order valence-electron chi connectivity index (χ4n) is 1.75. The Kier molecular flexibility index (Phi) is 5.62. The molecule has 3 N–H and O–H groups in total. The monoisotopic (exact) mass is 380 g/mol. The molecule has 0 saturated heterocycles. The number of nitrogens with two attached hydrogens (primary N) is 1. The van der Waals surface area contributed by atoms with Crippen molar-refractivity contribution in [2.75, 3.05) is 0 Å². The Balaban J connectivity index is 2.32. The standard InChI is InChI=1S/C14H12N4O5S2/c15-14(24)17-16-9-10-4-1-2-7-13(10)23-25(21,22)12-6-3-5-11(8-12)18(19)20/h1-9H,(H3,15,17,24)/b16-9-. The first kappa shape index (κ1) is 18.3. The van der Waals surface area contributed by atoms with E-state index in [1.807, 2.05) is 0 Å². The Morgan fingerprint density at radius 2 is 2.00 bits per heavy atom. The molecule has 2 aromatic carbocycles. The summed E-state index contributed by atoms with van der Waals surface area (Å²) in [7, 11) is -4.27. The molecule has 0 aliphatic rings. The lowest BCUT2D eigenvalue weighted by atomic mass is 10.2. The number of nitro groups is 1. The van der Waals surface area contributed by atoms with E-state index < -0.39 is 15.0 Å². The maximum absolute atomic E-state index is 12.4. The van der Waals surface area contributed by atoms with Crippen LogP contribution in [-0.2, 0) is 10.1 Å². The topological polar surface area (TPSA) is 137 Å². The molecule has 0 spiro atoms. The van der Waals surface area contributed by atoms with Crippen LogP contribution < -0.4 is 15.3 Å². The van der Waals surface area contributed by atoms with Gasteiger partial charge in [0.1, 0.15) is 4.90 Å². The van der Waals surface area contributed by atoms with Crippen molar-refractivity contribution in [1.82, 2.24) is 5.43 Å². The molecule has 0 heterocycles. The molecule has 9 nitrogen and oxygen atoms in total. The maximum atomic E-state index is 12.4. The van der Waals surface area contributed by atoms with Gasteiger partial charge in [0.25, 0.3) is 5.69 Å². The van der Waals surface area contributed by atoms with Gasteiger partial charge in [-0.2, -0.15) is 13.5 Å². The molecular weight excluding hydrogens is 368 g/mol. The summed E-state index contributed by atoms with van der Waals surface area (Å²) in [6.45, 7) is 0. The molecule has 0 unspecified atom stereocenters. The van der Waals surface area contributed by atoms with E-state index in [1.54, 1.807) is 18.2 Å². The largest absolute Gasteiger partial charge is 0.378 e. The lowest BCUT2D eigenvalue weighted by Gasteiger charge is -2.09. The zero-order valence-corrected chi connectivity index (χ0v) is 14.2. The summed E-state index contributed by atoms with van der Waals surface area (Å²) in [5, 5.41) is 14.5. The van der Waals surface area contributed by atoms with Crippen LogP contribution in [-0.4, -0.2) is 24.7 Å². The number of hydrazone groups is 1. The zero-order chi connectivity index (χ0) is 18.4. The van der Waals surface area contributed by atoms with Gasteiger partial charge in [0.05, 0.1) is 11.1 Å². The molecule has 0 saturated carbocycles. The van der Waals surface area contributed by atoms with E-state index in [2.05, 4.69) is 22.7 Å². The minimum absolute atomic E-state index is 0.0116. The Morgan fingerprint density at radius 1 is 1.28 bits per heavy atom. The number of hydrogen-bond acceptors (Lipinski definition) is 7. The van der Waals surface area contributed by atoms with Crippen LogP contribution in [0.25, 0.3) is 0 Å². The number of nitrogens with one attached hydrogen (secondary N) is 1. The third-order valence-electron chi connectivity index (χ3n) is 2.81. The van der Waals surface area contributed by atoms with Crippen LogP contribution in [0.1, 0.15) is 5.56 Å². The molecule has 0 aliphatic heterocycles. The second-order valence-electron chi connectivity index (χ2n) is 4.56. The molecule has 0 bridgehead atoms. The van der Waals surface area contributed by atoms with Crippen molar-refractivity contribution < 1.29 is 17.5 Å². The summed E-state index contributed by atoms with van der Waals surface area (Å²) < 4.78 is 29.8. The number of nitro benzene ring substituents is 1. The number of thiocarbonyl (C=S) groups is 1. The van der Waals surface area contributed by atoms with Crippen LogP contribution in [0.5, 0.6) is 5.75 Å². The fraction of sp³-hybridized carbons (Fsp3) is 0. The van der Waals surface area contributed by atoms with E-state index in [1.165, 1.54) is 30.5 Å². The predicted octanol–water partition coefficient (Wildman–Crippen LogP) is 1.53. The molecule has 0 atom stereocenters. The van der Waals surface area contributed by atoms with Crippen molar-refractivity contribution in [2.24, 2.45) is 10.8 Å². The minimum atomic E-state index is -4.27. The van der Waals surface area contributed by atoms with Gasteiger partial charge < -0.3 is 9.92 Å². The third-order valence-corrected chi connectivity index (χ3v) is 4.14. The third kappa shape index (κ3) is 4.96. The number of hydrogen-bond donors (Lipinski definition) is 2. The zero-order valence-electron chi connectivity index (χ0n) is 12.5. The summed E-state index contributed by atoms with van der Waals surface area (Å²) >= 11 is 4.60. The molecule has 11 heteroatoms. The second kappa shape index (κ2) is 7.68. The van der Waals surface area contributed by atoms with Gasteiger partial charge in [0, 0.05) is 17.7 Å². The van der Waals surface area contributed by atoms with Crippen molar-refractivity contribution >= 4 is 39.4 Å². The van der Waals surface area contributed by atoms with Crippen LogP contribution >= 0.6 is 12.2 Å². The van der Waals surface area contributed by atoms with E-state index in [0.29, 0.717) is 5.56 Å². The lowest BCUT2D eigenvalue weighted by Crippen LogP contribution is -2.24. The quantitative estimate of drug-likeness (QED) is 0.253. The highest BCUT2D eigenvalue weighted by Crippen LogP contribution is 2.24. The van der Waals surface area contributed by atoms with Gasteiger partial charge in [-0.1, -0.05) is 18.2 Å². The second-order valence-corrected chi connectivity index (χ2v) is 6.55. The molecule has 25 heavy (non-hydrogen) atoms. The van der Waals surface area contributed by atoms with Gasteiger partial charge in [-0.3, -0.25) is 15.5 Å². The summed E-state index contributed by atoms with van der Waals surface area (Å²) in [5.74, 6) is -0.0116.